The minimum Gasteiger partial charge on any atom is -0.449 e. The molecule has 0 saturated carbocycles. The molecule has 0 bridgehead atoms. The number of aromatic nitrogens is 1. The van der Waals surface area contributed by atoms with E-state index >= 15 is 0 Å². The fraction of sp³-hybridized carbons (Fsp3) is 0.300. The van der Waals surface area contributed by atoms with Gasteiger partial charge in [-0.1, -0.05) is 6.08 Å². The van der Waals surface area contributed by atoms with E-state index in [0.717, 1.165) is 5.69 Å². The van der Waals surface area contributed by atoms with Gasteiger partial charge in [-0.3, -0.25) is 4.57 Å². The van der Waals surface area contributed by atoms with Crippen LogP contribution in [0.1, 0.15) is 12.6 Å². The van der Waals surface area contributed by atoms with E-state index in [1.165, 1.54) is 4.57 Å². The summed E-state index contributed by atoms with van der Waals surface area (Å²) in [5.41, 5.74) is 0.897. The Balaban J connectivity index is 2.80. The van der Waals surface area contributed by atoms with E-state index < -0.39 is 0 Å². The van der Waals surface area contributed by atoms with E-state index in [2.05, 4.69) is 6.58 Å². The monoisotopic (exact) mass is 179 g/mol. The van der Waals surface area contributed by atoms with E-state index in [1.807, 2.05) is 12.1 Å². The van der Waals surface area contributed by atoms with Crippen LogP contribution in [-0.2, 0) is 11.2 Å². The van der Waals surface area contributed by atoms with Gasteiger partial charge in [0.1, 0.15) is 0 Å². The molecule has 70 valence electrons. The molecule has 0 atom stereocenters. The molecule has 0 fully saturated rings. The van der Waals surface area contributed by atoms with Crippen LogP contribution in [0.5, 0.6) is 0 Å². The van der Waals surface area contributed by atoms with Gasteiger partial charge in [-0.25, -0.2) is 4.79 Å². The molecule has 3 nitrogen and oxygen atoms in total. The Kier molecular flexibility index (Phi) is 3.31. The van der Waals surface area contributed by atoms with Crippen LogP contribution in [-0.4, -0.2) is 17.3 Å². The van der Waals surface area contributed by atoms with Gasteiger partial charge in [-0.15, -0.1) is 6.58 Å². The fourth-order valence-corrected chi connectivity index (χ4v) is 1.10. The van der Waals surface area contributed by atoms with Gasteiger partial charge in [0.2, 0.25) is 0 Å². The predicted molar refractivity (Wildman–Crippen MR) is 50.8 cm³/mol. The third-order valence-electron chi connectivity index (χ3n) is 1.65. The Morgan fingerprint density at radius 1 is 1.77 bits per heavy atom. The summed E-state index contributed by atoms with van der Waals surface area (Å²) in [7, 11) is 0. The normalized spacial score (nSPS) is 9.62. The minimum atomic E-state index is -0.329. The maximum absolute atomic E-state index is 11.3. The number of hydrogen-bond donors (Lipinski definition) is 0. The number of nitrogens with zero attached hydrogens (tertiary/aromatic N) is 1. The molecule has 0 aliphatic carbocycles. The number of carbonyl (C=O) groups is 1. The molecule has 0 aliphatic rings. The zero-order valence-corrected chi connectivity index (χ0v) is 7.69. The fourth-order valence-electron chi connectivity index (χ4n) is 1.10. The van der Waals surface area contributed by atoms with Crippen molar-refractivity contribution in [2.24, 2.45) is 0 Å². The molecule has 1 aromatic rings. The molecule has 1 heterocycles. The average Bonchev–Trinajstić information content (AvgIpc) is 2.54. The summed E-state index contributed by atoms with van der Waals surface area (Å²) < 4.78 is 6.35. The average molecular weight is 179 g/mol. The highest BCUT2D eigenvalue weighted by Crippen LogP contribution is 2.04. The van der Waals surface area contributed by atoms with Crippen molar-refractivity contribution in [1.29, 1.82) is 0 Å². The van der Waals surface area contributed by atoms with Crippen LogP contribution in [0, 0.1) is 0 Å². The first-order valence-corrected chi connectivity index (χ1v) is 4.23. The molecule has 0 aromatic carbocycles. The molecular formula is C10H13NO2. The first-order chi connectivity index (χ1) is 6.29. The van der Waals surface area contributed by atoms with E-state index in [9.17, 15) is 4.79 Å². The largest absolute Gasteiger partial charge is 0.449 e. The topological polar surface area (TPSA) is 31.2 Å². The molecule has 0 spiro atoms. The van der Waals surface area contributed by atoms with E-state index in [0.29, 0.717) is 13.0 Å². The zero-order valence-electron chi connectivity index (χ0n) is 7.69. The molecule has 1 rings (SSSR count). The second-order valence-electron chi connectivity index (χ2n) is 2.56. The van der Waals surface area contributed by atoms with E-state index in [1.54, 1.807) is 19.2 Å². The lowest BCUT2D eigenvalue weighted by Crippen LogP contribution is -2.14. The second kappa shape index (κ2) is 4.50. The number of rotatable bonds is 3. The standard InChI is InChI=1S/C10H13NO2/c1-3-6-9-7-5-8-11(9)10(12)13-4-2/h3,5,7-8H,1,4,6H2,2H3. The van der Waals surface area contributed by atoms with E-state index in [-0.39, 0.29) is 6.09 Å². The summed E-state index contributed by atoms with van der Waals surface area (Å²) in [4.78, 5) is 11.3. The molecule has 0 aliphatic heterocycles. The summed E-state index contributed by atoms with van der Waals surface area (Å²) in [5.74, 6) is 0. The number of ether oxygens (including phenoxy) is 1. The number of hydrogen-bond acceptors (Lipinski definition) is 2. The van der Waals surface area contributed by atoms with Crippen molar-refractivity contribution < 1.29 is 9.53 Å². The third kappa shape index (κ3) is 2.21. The molecule has 0 radical (unpaired) electrons. The predicted octanol–water partition coefficient (Wildman–Crippen LogP) is 2.22. The highest BCUT2D eigenvalue weighted by atomic mass is 16.5. The molecule has 0 amide bonds. The van der Waals surface area contributed by atoms with Gasteiger partial charge in [-0.05, 0) is 19.1 Å². The van der Waals surface area contributed by atoms with Crippen LogP contribution >= 0.6 is 0 Å². The quantitative estimate of drug-likeness (QED) is 0.666. The van der Waals surface area contributed by atoms with Crippen molar-refractivity contribution in [2.45, 2.75) is 13.3 Å². The Bertz CT molecular complexity index is 302. The first kappa shape index (κ1) is 9.58. The summed E-state index contributed by atoms with van der Waals surface area (Å²) in [6.07, 6.45) is 3.79. The smallest absolute Gasteiger partial charge is 0.418 e. The highest BCUT2D eigenvalue weighted by molar-refractivity contribution is 5.71. The Morgan fingerprint density at radius 2 is 2.54 bits per heavy atom. The zero-order chi connectivity index (χ0) is 9.68. The van der Waals surface area contributed by atoms with Gasteiger partial charge >= 0.3 is 6.09 Å². The van der Waals surface area contributed by atoms with E-state index in [4.69, 9.17) is 4.74 Å². The van der Waals surface area contributed by atoms with Crippen LogP contribution in [0.25, 0.3) is 0 Å². The molecule has 3 heteroatoms. The Morgan fingerprint density at radius 3 is 3.15 bits per heavy atom. The van der Waals surface area contributed by atoms with Crippen molar-refractivity contribution in [3.05, 3.63) is 36.7 Å². The van der Waals surface area contributed by atoms with Crippen molar-refractivity contribution in [1.82, 2.24) is 4.57 Å². The van der Waals surface area contributed by atoms with Crippen molar-refractivity contribution in [3.63, 3.8) is 0 Å². The van der Waals surface area contributed by atoms with Crippen LogP contribution < -0.4 is 0 Å². The van der Waals surface area contributed by atoms with Crippen LogP contribution in [0.15, 0.2) is 31.0 Å². The molecule has 1 aromatic heterocycles. The summed E-state index contributed by atoms with van der Waals surface area (Å²) in [6.45, 7) is 5.80. The summed E-state index contributed by atoms with van der Waals surface area (Å²) in [5, 5.41) is 0. The molecular weight excluding hydrogens is 166 g/mol. The lowest BCUT2D eigenvalue weighted by Gasteiger charge is -2.05. The van der Waals surface area contributed by atoms with Gasteiger partial charge in [0.15, 0.2) is 0 Å². The highest BCUT2D eigenvalue weighted by Gasteiger charge is 2.07. The summed E-state index contributed by atoms with van der Waals surface area (Å²) >= 11 is 0. The minimum absolute atomic E-state index is 0.329. The second-order valence-corrected chi connectivity index (χ2v) is 2.56. The Hall–Kier alpha value is -1.51. The van der Waals surface area contributed by atoms with Gasteiger partial charge < -0.3 is 4.74 Å². The van der Waals surface area contributed by atoms with Crippen molar-refractivity contribution in [3.8, 4) is 0 Å². The SMILES string of the molecule is C=CCc1cccn1C(=O)OCC. The third-order valence-corrected chi connectivity index (χ3v) is 1.65. The lowest BCUT2D eigenvalue weighted by atomic mass is 10.3. The van der Waals surface area contributed by atoms with Crippen LogP contribution in [0.4, 0.5) is 4.79 Å². The van der Waals surface area contributed by atoms with Crippen LogP contribution in [0.3, 0.4) is 0 Å². The number of carbonyl (C=O) groups excluding carboxylic acids is 1. The Labute approximate surface area is 77.6 Å². The lowest BCUT2D eigenvalue weighted by molar-refractivity contribution is 0.153. The molecule has 13 heavy (non-hydrogen) atoms. The molecule has 0 unspecified atom stereocenters. The summed E-state index contributed by atoms with van der Waals surface area (Å²) in [6, 6.07) is 3.69. The van der Waals surface area contributed by atoms with Crippen molar-refractivity contribution in [2.75, 3.05) is 6.61 Å². The maximum atomic E-state index is 11.3. The van der Waals surface area contributed by atoms with Gasteiger partial charge in [0, 0.05) is 18.3 Å². The van der Waals surface area contributed by atoms with Gasteiger partial charge in [0.05, 0.1) is 6.61 Å². The van der Waals surface area contributed by atoms with Gasteiger partial charge in [-0.2, -0.15) is 0 Å². The van der Waals surface area contributed by atoms with Crippen molar-refractivity contribution >= 4 is 6.09 Å². The maximum Gasteiger partial charge on any atom is 0.418 e. The molecule has 0 N–H and O–H groups in total. The van der Waals surface area contributed by atoms with Crippen LogP contribution in [0.2, 0.25) is 0 Å². The van der Waals surface area contributed by atoms with Gasteiger partial charge in [0.25, 0.3) is 0 Å². The first-order valence-electron chi connectivity index (χ1n) is 4.23. The number of allylic oxidation sites excluding steroid dienone is 1. The molecule has 0 saturated heterocycles.